The summed E-state index contributed by atoms with van der Waals surface area (Å²) in [6, 6.07) is 0. The fourth-order valence-electron chi connectivity index (χ4n) is 2.24. The van der Waals surface area contributed by atoms with Gasteiger partial charge in [0.2, 0.25) is 0 Å². The van der Waals surface area contributed by atoms with Crippen molar-refractivity contribution in [2.75, 3.05) is 7.11 Å². The molecule has 6 nitrogen and oxygen atoms in total. The predicted octanol–water partition coefficient (Wildman–Crippen LogP) is 1.66. The van der Waals surface area contributed by atoms with E-state index in [0.717, 1.165) is 0 Å². The molecule has 1 fully saturated rings. The Bertz CT molecular complexity index is 461. The molecule has 0 spiro atoms. The molecule has 0 aromatic carbocycles. The molecule has 0 bridgehead atoms. The zero-order valence-electron chi connectivity index (χ0n) is 13.8. The van der Waals surface area contributed by atoms with Gasteiger partial charge in [0.1, 0.15) is 5.82 Å². The van der Waals surface area contributed by atoms with Crippen LogP contribution in [0.4, 0.5) is 0 Å². The third-order valence-corrected chi connectivity index (χ3v) is 3.07. The molecule has 1 saturated heterocycles. The van der Waals surface area contributed by atoms with Crippen LogP contribution in [0.25, 0.3) is 0 Å². The molecule has 0 aliphatic carbocycles. The monoisotopic (exact) mass is 296 g/mol. The van der Waals surface area contributed by atoms with Crippen LogP contribution in [0.1, 0.15) is 48.0 Å². The molecule has 0 N–H and O–H groups in total. The average Bonchev–Trinajstić information content (AvgIpc) is 2.57. The summed E-state index contributed by atoms with van der Waals surface area (Å²) in [5.74, 6) is -1.13. The van der Waals surface area contributed by atoms with Crippen LogP contribution < -0.4 is 0 Å². The van der Waals surface area contributed by atoms with E-state index in [1.807, 2.05) is 41.5 Å². The van der Waals surface area contributed by atoms with Gasteiger partial charge in [-0.15, -0.1) is 0 Å². The van der Waals surface area contributed by atoms with E-state index in [0.29, 0.717) is 5.82 Å². The van der Waals surface area contributed by atoms with E-state index < -0.39 is 28.9 Å². The van der Waals surface area contributed by atoms with Crippen molar-refractivity contribution in [3.8, 4) is 0 Å². The fraction of sp³-hybridized carbons (Fsp3) is 0.667. The number of rotatable bonds is 2. The minimum atomic E-state index is -0.575. The summed E-state index contributed by atoms with van der Waals surface area (Å²) in [6.07, 6.45) is 1.58. The first kappa shape index (κ1) is 17.2. The Kier molecular flexibility index (Phi) is 4.51. The Labute approximate surface area is 125 Å². The largest absolute Gasteiger partial charge is 0.469 e. The quantitative estimate of drug-likeness (QED) is 0.574. The van der Waals surface area contributed by atoms with Crippen molar-refractivity contribution in [3.63, 3.8) is 0 Å². The van der Waals surface area contributed by atoms with Gasteiger partial charge in [-0.25, -0.2) is 0 Å². The molecule has 0 radical (unpaired) electrons. The number of nitrogens with zero attached hydrogens (tertiary/aromatic N) is 2. The smallest absolute Gasteiger partial charge is 0.318 e. The Balaban J connectivity index is 3.35. The molecule has 1 rings (SSSR count). The van der Waals surface area contributed by atoms with E-state index in [1.54, 1.807) is 6.08 Å². The lowest BCUT2D eigenvalue weighted by Gasteiger charge is -2.37. The van der Waals surface area contributed by atoms with E-state index in [4.69, 9.17) is 0 Å². The fourth-order valence-corrected chi connectivity index (χ4v) is 2.24. The highest BCUT2D eigenvalue weighted by molar-refractivity contribution is 6.38. The van der Waals surface area contributed by atoms with Crippen LogP contribution in [0.3, 0.4) is 0 Å². The number of methoxy groups -OCH3 is 1. The van der Waals surface area contributed by atoms with Crippen molar-refractivity contribution < 1.29 is 19.1 Å². The standard InChI is InChI=1S/C15H24N2O4/c1-14(2,3)16-10(8-9-11(18)21-7)17(15(4,5)6)13(20)12(16)19/h8H,9H2,1-7H3. The zero-order chi connectivity index (χ0) is 16.6. The van der Waals surface area contributed by atoms with Crippen LogP contribution in [0, 0.1) is 0 Å². The summed E-state index contributed by atoms with van der Waals surface area (Å²) in [7, 11) is 1.30. The van der Waals surface area contributed by atoms with Crippen LogP contribution >= 0.6 is 0 Å². The first-order valence-corrected chi connectivity index (χ1v) is 6.87. The SMILES string of the molecule is COC(=O)CC=C1N(C(C)(C)C)C(=O)C(=O)N1C(C)(C)C. The normalized spacial score (nSPS) is 16.6. The lowest BCUT2D eigenvalue weighted by molar-refractivity contribution is -0.146. The first-order valence-electron chi connectivity index (χ1n) is 6.87. The third kappa shape index (κ3) is 3.43. The van der Waals surface area contributed by atoms with Gasteiger partial charge in [0, 0.05) is 11.1 Å². The molecular weight excluding hydrogens is 272 g/mol. The van der Waals surface area contributed by atoms with Crippen LogP contribution in [-0.4, -0.2) is 45.8 Å². The van der Waals surface area contributed by atoms with Gasteiger partial charge in [-0.2, -0.15) is 0 Å². The van der Waals surface area contributed by atoms with Gasteiger partial charge in [0.15, 0.2) is 0 Å². The highest BCUT2D eigenvalue weighted by atomic mass is 16.5. The predicted molar refractivity (Wildman–Crippen MR) is 77.9 cm³/mol. The van der Waals surface area contributed by atoms with E-state index in [1.165, 1.54) is 16.9 Å². The van der Waals surface area contributed by atoms with Crippen LogP contribution in [0.5, 0.6) is 0 Å². The number of amides is 2. The summed E-state index contributed by atoms with van der Waals surface area (Å²) in [5.41, 5.74) is -1.12. The van der Waals surface area contributed by atoms with Crippen molar-refractivity contribution in [3.05, 3.63) is 11.9 Å². The molecule has 0 atom stereocenters. The van der Waals surface area contributed by atoms with Crippen LogP contribution in [-0.2, 0) is 19.1 Å². The highest BCUT2D eigenvalue weighted by Gasteiger charge is 2.49. The summed E-state index contributed by atoms with van der Waals surface area (Å²) in [5, 5.41) is 0. The Morgan fingerprint density at radius 1 is 1.00 bits per heavy atom. The van der Waals surface area contributed by atoms with E-state index in [-0.39, 0.29) is 6.42 Å². The van der Waals surface area contributed by atoms with Gasteiger partial charge in [-0.3, -0.25) is 24.2 Å². The Hall–Kier alpha value is -1.85. The van der Waals surface area contributed by atoms with E-state index in [9.17, 15) is 14.4 Å². The molecule has 1 aliphatic rings. The van der Waals surface area contributed by atoms with Crippen molar-refractivity contribution >= 4 is 17.8 Å². The molecule has 0 aromatic rings. The van der Waals surface area contributed by atoms with Crippen molar-refractivity contribution in [2.24, 2.45) is 0 Å². The summed E-state index contributed by atoms with van der Waals surface area (Å²) >= 11 is 0. The molecule has 21 heavy (non-hydrogen) atoms. The molecule has 0 unspecified atom stereocenters. The molecule has 6 heteroatoms. The summed E-state index contributed by atoms with van der Waals surface area (Å²) < 4.78 is 4.62. The topological polar surface area (TPSA) is 66.9 Å². The van der Waals surface area contributed by atoms with Crippen molar-refractivity contribution in [2.45, 2.75) is 59.0 Å². The second-order valence-electron chi connectivity index (χ2n) is 6.97. The Morgan fingerprint density at radius 2 is 1.38 bits per heavy atom. The number of hydrogen-bond acceptors (Lipinski definition) is 4. The second-order valence-corrected chi connectivity index (χ2v) is 6.97. The van der Waals surface area contributed by atoms with Crippen LogP contribution in [0.2, 0.25) is 0 Å². The van der Waals surface area contributed by atoms with E-state index >= 15 is 0 Å². The second kappa shape index (κ2) is 5.50. The molecule has 0 saturated carbocycles. The number of ether oxygens (including phenoxy) is 1. The molecule has 0 aromatic heterocycles. The number of carbonyl (C=O) groups is 3. The minimum absolute atomic E-state index is 0.00551. The minimum Gasteiger partial charge on any atom is -0.469 e. The van der Waals surface area contributed by atoms with Crippen LogP contribution in [0.15, 0.2) is 11.9 Å². The highest BCUT2D eigenvalue weighted by Crippen LogP contribution is 2.34. The lowest BCUT2D eigenvalue weighted by Crippen LogP contribution is -2.44. The number of esters is 1. The molecular formula is C15H24N2O4. The molecule has 118 valence electrons. The van der Waals surface area contributed by atoms with Gasteiger partial charge < -0.3 is 4.74 Å². The molecule has 1 heterocycles. The van der Waals surface area contributed by atoms with Gasteiger partial charge in [0.25, 0.3) is 0 Å². The maximum Gasteiger partial charge on any atom is 0.318 e. The zero-order valence-corrected chi connectivity index (χ0v) is 13.8. The summed E-state index contributed by atoms with van der Waals surface area (Å²) in [4.78, 5) is 38.9. The van der Waals surface area contributed by atoms with Crippen molar-refractivity contribution in [1.82, 2.24) is 9.80 Å². The van der Waals surface area contributed by atoms with Gasteiger partial charge >= 0.3 is 17.8 Å². The summed E-state index contributed by atoms with van der Waals surface area (Å²) in [6.45, 7) is 11.1. The third-order valence-electron chi connectivity index (χ3n) is 3.07. The van der Waals surface area contributed by atoms with E-state index in [2.05, 4.69) is 4.74 Å². The van der Waals surface area contributed by atoms with Crippen molar-refractivity contribution in [1.29, 1.82) is 0 Å². The number of carbonyl (C=O) groups excluding carboxylic acids is 3. The van der Waals surface area contributed by atoms with Gasteiger partial charge in [0.05, 0.1) is 13.5 Å². The Morgan fingerprint density at radius 3 is 1.67 bits per heavy atom. The van der Waals surface area contributed by atoms with Gasteiger partial charge in [-0.1, -0.05) is 0 Å². The van der Waals surface area contributed by atoms with Gasteiger partial charge in [-0.05, 0) is 47.6 Å². The maximum atomic E-state index is 12.3. The average molecular weight is 296 g/mol. The molecule has 1 aliphatic heterocycles. The first-order chi connectivity index (χ1) is 9.41. The lowest BCUT2D eigenvalue weighted by atomic mass is 10.1. The maximum absolute atomic E-state index is 12.3. The molecule has 2 amide bonds. The number of hydrogen-bond donors (Lipinski definition) is 0.